The zero-order valence-electron chi connectivity index (χ0n) is 11.0. The minimum Gasteiger partial charge on any atom is -0.389 e. The van der Waals surface area contributed by atoms with Gasteiger partial charge in [-0.25, -0.2) is 0 Å². The van der Waals surface area contributed by atoms with E-state index in [-0.39, 0.29) is 10.6 Å². The lowest BCUT2D eigenvalue weighted by atomic mass is 10.1. The molecule has 0 bridgehead atoms. The zero-order valence-corrected chi connectivity index (χ0v) is 11.9. The van der Waals surface area contributed by atoms with E-state index in [1.807, 2.05) is 0 Å². The number of nitro groups is 1. The fourth-order valence-electron chi connectivity index (χ4n) is 2.44. The SMILES string of the molecule is CC(O)c1ccc(SCC2CCCC2)c([N+](=O)[O-])c1. The number of aliphatic hydroxyl groups excluding tert-OH is 1. The second kappa shape index (κ2) is 6.39. The van der Waals surface area contributed by atoms with Crippen LogP contribution < -0.4 is 0 Å². The van der Waals surface area contributed by atoms with E-state index in [9.17, 15) is 15.2 Å². The second-order valence-corrected chi connectivity index (χ2v) is 6.18. The summed E-state index contributed by atoms with van der Waals surface area (Å²) in [5.41, 5.74) is 0.707. The van der Waals surface area contributed by atoms with Crippen LogP contribution in [0.15, 0.2) is 23.1 Å². The molecule has 5 heteroatoms. The van der Waals surface area contributed by atoms with Gasteiger partial charge in [-0.2, -0.15) is 0 Å². The summed E-state index contributed by atoms with van der Waals surface area (Å²) in [6.45, 7) is 1.62. The van der Waals surface area contributed by atoms with Crippen LogP contribution in [-0.2, 0) is 0 Å². The first-order valence-electron chi connectivity index (χ1n) is 6.67. The Hall–Kier alpha value is -1.07. The molecule has 1 fully saturated rings. The molecule has 0 heterocycles. The van der Waals surface area contributed by atoms with E-state index in [4.69, 9.17) is 0 Å². The Morgan fingerprint density at radius 3 is 2.74 bits per heavy atom. The Balaban J connectivity index is 2.11. The van der Waals surface area contributed by atoms with Crippen LogP contribution in [0.25, 0.3) is 0 Å². The summed E-state index contributed by atoms with van der Waals surface area (Å²) in [5, 5.41) is 20.6. The van der Waals surface area contributed by atoms with Gasteiger partial charge in [0.15, 0.2) is 0 Å². The van der Waals surface area contributed by atoms with Crippen molar-refractivity contribution in [2.45, 2.75) is 43.6 Å². The topological polar surface area (TPSA) is 63.4 Å². The van der Waals surface area contributed by atoms with Crippen LogP contribution in [0.3, 0.4) is 0 Å². The Morgan fingerprint density at radius 2 is 2.16 bits per heavy atom. The van der Waals surface area contributed by atoms with Gasteiger partial charge in [-0.3, -0.25) is 10.1 Å². The average Bonchev–Trinajstić information content (AvgIpc) is 2.89. The minimum atomic E-state index is -0.674. The van der Waals surface area contributed by atoms with Crippen LogP contribution in [0.1, 0.15) is 44.3 Å². The third-order valence-electron chi connectivity index (χ3n) is 3.61. The van der Waals surface area contributed by atoms with E-state index in [1.165, 1.54) is 31.7 Å². The number of hydrogen-bond donors (Lipinski definition) is 1. The van der Waals surface area contributed by atoms with Crippen molar-refractivity contribution in [2.24, 2.45) is 5.92 Å². The van der Waals surface area contributed by atoms with Gasteiger partial charge >= 0.3 is 0 Å². The van der Waals surface area contributed by atoms with Gasteiger partial charge in [-0.1, -0.05) is 18.9 Å². The maximum Gasteiger partial charge on any atom is 0.283 e. The molecule has 1 aliphatic carbocycles. The molecule has 1 atom stereocenters. The molecule has 0 spiro atoms. The summed E-state index contributed by atoms with van der Waals surface area (Å²) >= 11 is 1.57. The number of hydrogen-bond acceptors (Lipinski definition) is 4. The summed E-state index contributed by atoms with van der Waals surface area (Å²) in [4.78, 5) is 11.5. The molecular weight excluding hydrogens is 262 g/mol. The first-order chi connectivity index (χ1) is 9.08. The van der Waals surface area contributed by atoms with Gasteiger partial charge in [0.1, 0.15) is 0 Å². The van der Waals surface area contributed by atoms with Gasteiger partial charge < -0.3 is 5.11 Å². The van der Waals surface area contributed by atoms with Crippen molar-refractivity contribution in [1.29, 1.82) is 0 Å². The van der Waals surface area contributed by atoms with Crippen molar-refractivity contribution < 1.29 is 10.0 Å². The molecule has 0 radical (unpaired) electrons. The standard InChI is InChI=1S/C14H19NO3S/c1-10(16)12-6-7-14(13(8-12)15(17)18)19-9-11-4-2-3-5-11/h6-8,10-11,16H,2-5,9H2,1H3. The van der Waals surface area contributed by atoms with E-state index < -0.39 is 6.10 Å². The summed E-state index contributed by atoms with van der Waals surface area (Å²) in [7, 11) is 0. The van der Waals surface area contributed by atoms with Gasteiger partial charge in [0, 0.05) is 11.8 Å². The van der Waals surface area contributed by atoms with E-state index in [0.29, 0.717) is 16.4 Å². The predicted octanol–water partition coefficient (Wildman–Crippen LogP) is 3.93. The van der Waals surface area contributed by atoms with Gasteiger partial charge in [0.25, 0.3) is 5.69 Å². The molecule has 0 amide bonds. The Morgan fingerprint density at radius 1 is 1.47 bits per heavy atom. The maximum absolute atomic E-state index is 11.1. The first-order valence-corrected chi connectivity index (χ1v) is 7.65. The number of benzene rings is 1. The molecule has 1 aliphatic rings. The number of rotatable bonds is 5. The lowest BCUT2D eigenvalue weighted by Gasteiger charge is -2.10. The summed E-state index contributed by atoms with van der Waals surface area (Å²) in [5.74, 6) is 1.65. The molecule has 19 heavy (non-hydrogen) atoms. The molecule has 0 saturated heterocycles. The minimum absolute atomic E-state index is 0.112. The third-order valence-corrected chi connectivity index (χ3v) is 4.91. The highest BCUT2D eigenvalue weighted by atomic mass is 32.2. The normalized spacial score (nSPS) is 17.6. The van der Waals surface area contributed by atoms with E-state index >= 15 is 0 Å². The highest BCUT2D eigenvalue weighted by Gasteiger charge is 2.20. The van der Waals surface area contributed by atoms with Crippen molar-refractivity contribution >= 4 is 17.4 Å². The van der Waals surface area contributed by atoms with Gasteiger partial charge in [-0.15, -0.1) is 11.8 Å². The molecule has 1 unspecified atom stereocenters. The quantitative estimate of drug-likeness (QED) is 0.504. The van der Waals surface area contributed by atoms with Crippen LogP contribution in [-0.4, -0.2) is 15.8 Å². The Bertz CT molecular complexity index is 456. The van der Waals surface area contributed by atoms with Crippen molar-refractivity contribution in [1.82, 2.24) is 0 Å². The van der Waals surface area contributed by atoms with Gasteiger partial charge in [0.05, 0.1) is 15.9 Å². The van der Waals surface area contributed by atoms with E-state index in [1.54, 1.807) is 30.8 Å². The van der Waals surface area contributed by atoms with Gasteiger partial charge in [0.2, 0.25) is 0 Å². The average molecular weight is 281 g/mol. The summed E-state index contributed by atoms with van der Waals surface area (Å²) in [6.07, 6.45) is 4.38. The molecular formula is C14H19NO3S. The molecule has 1 aromatic rings. The molecule has 1 N–H and O–H groups in total. The molecule has 0 aliphatic heterocycles. The fraction of sp³-hybridized carbons (Fsp3) is 0.571. The Labute approximate surface area is 117 Å². The van der Waals surface area contributed by atoms with Crippen molar-refractivity contribution in [3.63, 3.8) is 0 Å². The highest BCUT2D eigenvalue weighted by molar-refractivity contribution is 7.99. The lowest BCUT2D eigenvalue weighted by molar-refractivity contribution is -0.387. The lowest BCUT2D eigenvalue weighted by Crippen LogP contribution is -1.99. The van der Waals surface area contributed by atoms with Crippen molar-refractivity contribution in [2.75, 3.05) is 5.75 Å². The van der Waals surface area contributed by atoms with Gasteiger partial charge in [-0.05, 0) is 37.3 Å². The number of nitro benzene ring substituents is 1. The van der Waals surface area contributed by atoms with Crippen LogP contribution in [0.2, 0.25) is 0 Å². The molecule has 4 nitrogen and oxygen atoms in total. The van der Waals surface area contributed by atoms with Crippen LogP contribution in [0.5, 0.6) is 0 Å². The van der Waals surface area contributed by atoms with E-state index in [2.05, 4.69) is 0 Å². The molecule has 1 aromatic carbocycles. The second-order valence-electron chi connectivity index (χ2n) is 5.12. The van der Waals surface area contributed by atoms with Crippen molar-refractivity contribution in [3.8, 4) is 0 Å². The zero-order chi connectivity index (χ0) is 13.8. The number of aliphatic hydroxyl groups is 1. The Kier molecular flexibility index (Phi) is 4.82. The summed E-state index contributed by atoms with van der Waals surface area (Å²) < 4.78 is 0. The number of thioether (sulfide) groups is 1. The molecule has 2 rings (SSSR count). The predicted molar refractivity (Wildman–Crippen MR) is 76.4 cm³/mol. The van der Waals surface area contributed by atoms with Crippen LogP contribution >= 0.6 is 11.8 Å². The van der Waals surface area contributed by atoms with Crippen molar-refractivity contribution in [3.05, 3.63) is 33.9 Å². The van der Waals surface area contributed by atoms with Crippen LogP contribution in [0, 0.1) is 16.0 Å². The first kappa shape index (κ1) is 14.3. The van der Waals surface area contributed by atoms with E-state index in [0.717, 1.165) is 5.75 Å². The smallest absolute Gasteiger partial charge is 0.283 e. The highest BCUT2D eigenvalue weighted by Crippen LogP contribution is 2.36. The number of nitrogens with zero attached hydrogens (tertiary/aromatic N) is 1. The monoisotopic (exact) mass is 281 g/mol. The molecule has 1 saturated carbocycles. The summed E-state index contributed by atoms with van der Waals surface area (Å²) in [6, 6.07) is 5.02. The third kappa shape index (κ3) is 3.70. The fourth-order valence-corrected chi connectivity index (χ4v) is 3.64. The largest absolute Gasteiger partial charge is 0.389 e. The molecule has 104 valence electrons. The van der Waals surface area contributed by atoms with Crippen LogP contribution in [0.4, 0.5) is 5.69 Å². The molecule has 0 aromatic heterocycles. The maximum atomic E-state index is 11.1.